The summed E-state index contributed by atoms with van der Waals surface area (Å²) in [6, 6.07) is 5.89. The highest BCUT2D eigenvalue weighted by Crippen LogP contribution is 2.24. The lowest BCUT2D eigenvalue weighted by Gasteiger charge is -2.21. The lowest BCUT2D eigenvalue weighted by molar-refractivity contribution is 0.0913. The van der Waals surface area contributed by atoms with Crippen LogP contribution in [0.5, 0.6) is 0 Å². The Hall–Kier alpha value is -2.63. The first kappa shape index (κ1) is 19.1. The predicted molar refractivity (Wildman–Crippen MR) is 106 cm³/mol. The molecule has 27 heavy (non-hydrogen) atoms. The molecule has 6 heteroatoms. The summed E-state index contributed by atoms with van der Waals surface area (Å²) in [5, 5.41) is 5.95. The van der Waals surface area contributed by atoms with Gasteiger partial charge in [-0.05, 0) is 65.0 Å². The Kier molecular flexibility index (Phi) is 5.09. The fourth-order valence-electron chi connectivity index (χ4n) is 3.48. The Balaban J connectivity index is 1.96. The molecule has 1 aliphatic heterocycles. The molecule has 0 atom stereocenters. The second-order valence-electron chi connectivity index (χ2n) is 8.26. The summed E-state index contributed by atoms with van der Waals surface area (Å²) in [5.41, 5.74) is 3.67. The predicted octanol–water partition coefficient (Wildman–Crippen LogP) is 3.62. The largest absolute Gasteiger partial charge is 0.346 e. The van der Waals surface area contributed by atoms with Crippen LogP contribution in [0, 0.1) is 13.8 Å². The van der Waals surface area contributed by atoms with Gasteiger partial charge in [0.1, 0.15) is 5.69 Å². The molecule has 0 saturated carbocycles. The van der Waals surface area contributed by atoms with Crippen molar-refractivity contribution in [3.8, 4) is 0 Å². The Bertz CT molecular complexity index is 870. The van der Waals surface area contributed by atoms with E-state index in [4.69, 9.17) is 0 Å². The third kappa shape index (κ3) is 4.04. The average Bonchev–Trinajstić information content (AvgIpc) is 2.96. The summed E-state index contributed by atoms with van der Waals surface area (Å²) in [6.07, 6.45) is 2.74. The highest BCUT2D eigenvalue weighted by molar-refractivity contribution is 6.04. The van der Waals surface area contributed by atoms with Crippen molar-refractivity contribution in [1.82, 2.24) is 14.9 Å². The van der Waals surface area contributed by atoms with Crippen molar-refractivity contribution >= 4 is 17.5 Å². The third-order valence-electron chi connectivity index (χ3n) is 4.74. The minimum Gasteiger partial charge on any atom is -0.346 e. The maximum absolute atomic E-state index is 13.0. The number of aryl methyl sites for hydroxylation is 2. The smallest absolute Gasteiger partial charge is 0.291 e. The molecule has 0 fully saturated rings. The minimum absolute atomic E-state index is 0.223. The molecule has 0 aliphatic carbocycles. The summed E-state index contributed by atoms with van der Waals surface area (Å²) >= 11 is 0. The molecule has 3 rings (SSSR count). The first-order valence-electron chi connectivity index (χ1n) is 9.47. The number of amides is 2. The lowest BCUT2D eigenvalue weighted by Crippen LogP contribution is -2.41. The topological polar surface area (TPSA) is 76.0 Å². The number of imidazole rings is 1. The Morgan fingerprint density at radius 1 is 1.07 bits per heavy atom. The van der Waals surface area contributed by atoms with Gasteiger partial charge in [-0.2, -0.15) is 0 Å². The van der Waals surface area contributed by atoms with E-state index >= 15 is 0 Å². The van der Waals surface area contributed by atoms with Gasteiger partial charge in [-0.15, -0.1) is 0 Å². The molecule has 144 valence electrons. The number of nitrogens with one attached hydrogen (secondary N) is 2. The van der Waals surface area contributed by atoms with Crippen molar-refractivity contribution in [2.24, 2.45) is 0 Å². The molecule has 0 saturated heterocycles. The van der Waals surface area contributed by atoms with Crippen molar-refractivity contribution < 1.29 is 9.59 Å². The standard InChI is InChI=1S/C21H28N4O2/c1-13-9-8-10-14(2)16(13)23-20(27)18-22-17(19(26)24-21(3,4)5)15-11-6-7-12-25(15)18/h8-10H,6-7,11-12H2,1-5H3,(H,23,27)(H,24,26). The summed E-state index contributed by atoms with van der Waals surface area (Å²) in [6.45, 7) is 10.4. The van der Waals surface area contributed by atoms with Crippen LogP contribution in [0.15, 0.2) is 18.2 Å². The van der Waals surface area contributed by atoms with Gasteiger partial charge in [-0.25, -0.2) is 4.98 Å². The number of fused-ring (bicyclic) bond motifs is 1. The number of nitrogens with zero attached hydrogens (tertiary/aromatic N) is 2. The number of carbonyl (C=O) groups excluding carboxylic acids is 2. The number of benzene rings is 1. The van der Waals surface area contributed by atoms with Crippen LogP contribution in [0.2, 0.25) is 0 Å². The first-order chi connectivity index (χ1) is 12.7. The zero-order valence-electron chi connectivity index (χ0n) is 16.8. The van der Waals surface area contributed by atoms with Crippen molar-refractivity contribution in [3.05, 3.63) is 46.5 Å². The van der Waals surface area contributed by atoms with Crippen molar-refractivity contribution in [1.29, 1.82) is 0 Å². The molecular formula is C21H28N4O2. The van der Waals surface area contributed by atoms with Crippen LogP contribution < -0.4 is 10.6 Å². The Labute approximate surface area is 160 Å². The lowest BCUT2D eigenvalue weighted by atomic mass is 10.1. The molecule has 2 N–H and O–H groups in total. The highest BCUT2D eigenvalue weighted by atomic mass is 16.2. The fraction of sp³-hybridized carbons (Fsp3) is 0.476. The molecule has 0 bridgehead atoms. The molecule has 2 heterocycles. The van der Waals surface area contributed by atoms with Gasteiger partial charge in [-0.3, -0.25) is 9.59 Å². The summed E-state index contributed by atoms with van der Waals surface area (Å²) < 4.78 is 1.91. The van der Waals surface area contributed by atoms with Crippen LogP contribution in [0.4, 0.5) is 5.69 Å². The minimum atomic E-state index is -0.358. The molecule has 1 aromatic heterocycles. The zero-order valence-corrected chi connectivity index (χ0v) is 16.8. The van der Waals surface area contributed by atoms with Crippen molar-refractivity contribution in [2.45, 2.75) is 66.0 Å². The normalized spacial score (nSPS) is 13.8. The fourth-order valence-corrected chi connectivity index (χ4v) is 3.48. The van der Waals surface area contributed by atoms with Gasteiger partial charge in [0.2, 0.25) is 0 Å². The van der Waals surface area contributed by atoms with E-state index in [0.717, 1.165) is 41.8 Å². The highest BCUT2D eigenvalue weighted by Gasteiger charge is 2.29. The van der Waals surface area contributed by atoms with Crippen LogP contribution in [0.1, 0.15) is 71.5 Å². The van der Waals surface area contributed by atoms with E-state index < -0.39 is 0 Å². The van der Waals surface area contributed by atoms with E-state index in [1.807, 2.05) is 57.4 Å². The first-order valence-corrected chi connectivity index (χ1v) is 9.47. The van der Waals surface area contributed by atoms with Crippen LogP contribution in [-0.4, -0.2) is 26.9 Å². The number of hydrogen-bond acceptors (Lipinski definition) is 3. The van der Waals surface area contributed by atoms with Gasteiger partial charge >= 0.3 is 0 Å². The van der Waals surface area contributed by atoms with E-state index in [1.165, 1.54) is 0 Å². The zero-order chi connectivity index (χ0) is 19.8. The quantitative estimate of drug-likeness (QED) is 0.869. The number of carbonyl (C=O) groups is 2. The summed E-state index contributed by atoms with van der Waals surface area (Å²) in [5.74, 6) is -0.184. The second-order valence-corrected chi connectivity index (χ2v) is 8.26. The van der Waals surface area contributed by atoms with E-state index in [-0.39, 0.29) is 17.4 Å². The number of anilines is 1. The van der Waals surface area contributed by atoms with Crippen LogP contribution in [0.3, 0.4) is 0 Å². The van der Waals surface area contributed by atoms with E-state index in [1.54, 1.807) is 0 Å². The molecule has 0 spiro atoms. The molecule has 1 aliphatic rings. The monoisotopic (exact) mass is 368 g/mol. The van der Waals surface area contributed by atoms with Gasteiger partial charge in [0.05, 0.1) is 5.69 Å². The molecule has 6 nitrogen and oxygen atoms in total. The summed E-state index contributed by atoms with van der Waals surface area (Å²) in [7, 11) is 0. The number of hydrogen-bond donors (Lipinski definition) is 2. The van der Waals surface area contributed by atoms with Gasteiger partial charge in [-0.1, -0.05) is 18.2 Å². The van der Waals surface area contributed by atoms with Crippen molar-refractivity contribution in [3.63, 3.8) is 0 Å². The molecule has 2 aromatic rings. The maximum Gasteiger partial charge on any atom is 0.291 e. The van der Waals surface area contributed by atoms with Crippen LogP contribution >= 0.6 is 0 Å². The van der Waals surface area contributed by atoms with Gasteiger partial charge in [0.25, 0.3) is 11.8 Å². The second kappa shape index (κ2) is 7.18. The summed E-state index contributed by atoms with van der Waals surface area (Å²) in [4.78, 5) is 30.2. The SMILES string of the molecule is Cc1cccc(C)c1NC(=O)c1nc(C(=O)NC(C)(C)C)c2n1CCCC2. The Morgan fingerprint density at radius 2 is 1.74 bits per heavy atom. The van der Waals surface area contributed by atoms with E-state index in [9.17, 15) is 9.59 Å². The number of para-hydroxylation sites is 1. The van der Waals surface area contributed by atoms with Gasteiger partial charge in [0, 0.05) is 17.8 Å². The molecule has 0 radical (unpaired) electrons. The number of rotatable bonds is 3. The van der Waals surface area contributed by atoms with Gasteiger partial charge < -0.3 is 15.2 Å². The molecule has 1 aromatic carbocycles. The molecule has 2 amide bonds. The van der Waals surface area contributed by atoms with Crippen LogP contribution in [0.25, 0.3) is 0 Å². The molecule has 0 unspecified atom stereocenters. The van der Waals surface area contributed by atoms with Gasteiger partial charge in [0.15, 0.2) is 5.82 Å². The molecular weight excluding hydrogens is 340 g/mol. The maximum atomic E-state index is 13.0. The average molecular weight is 368 g/mol. The third-order valence-corrected chi connectivity index (χ3v) is 4.74. The van der Waals surface area contributed by atoms with Crippen LogP contribution in [-0.2, 0) is 13.0 Å². The van der Waals surface area contributed by atoms with E-state index in [0.29, 0.717) is 18.1 Å². The Morgan fingerprint density at radius 3 is 2.37 bits per heavy atom. The number of aromatic nitrogens is 2. The van der Waals surface area contributed by atoms with Crippen molar-refractivity contribution in [2.75, 3.05) is 5.32 Å². The van der Waals surface area contributed by atoms with E-state index in [2.05, 4.69) is 15.6 Å².